The van der Waals surface area contributed by atoms with Gasteiger partial charge >= 0.3 is 0 Å². The summed E-state index contributed by atoms with van der Waals surface area (Å²) in [5, 5.41) is 20.2. The maximum atomic E-state index is 12.9. The third kappa shape index (κ3) is 2.73. The lowest BCUT2D eigenvalue weighted by molar-refractivity contribution is 0.0974. The van der Waals surface area contributed by atoms with Crippen LogP contribution in [-0.4, -0.2) is 21.8 Å². The highest BCUT2D eigenvalue weighted by atomic mass is 35.5. The normalized spacial score (nSPS) is 12.5. The van der Waals surface area contributed by atoms with E-state index in [0.29, 0.717) is 5.75 Å². The molecule has 0 aliphatic heterocycles. The molecule has 0 atom stereocenters. The number of carbonyl (C=O) groups is 2. The van der Waals surface area contributed by atoms with Gasteiger partial charge in [0, 0.05) is 11.1 Å². The zero-order valence-corrected chi connectivity index (χ0v) is 14.9. The van der Waals surface area contributed by atoms with Crippen LogP contribution in [0.1, 0.15) is 37.4 Å². The minimum atomic E-state index is -0.586. The number of ether oxygens (including phenoxy) is 1. The topological polar surface area (TPSA) is 83.8 Å². The van der Waals surface area contributed by atoms with Gasteiger partial charge in [-0.25, -0.2) is 0 Å². The van der Waals surface area contributed by atoms with E-state index in [1.54, 1.807) is 12.1 Å². The first kappa shape index (κ1) is 17.1. The fourth-order valence-corrected chi connectivity index (χ4v) is 3.25. The molecule has 0 heterocycles. The van der Waals surface area contributed by atoms with Gasteiger partial charge in [-0.3, -0.25) is 9.59 Å². The Morgan fingerprint density at radius 2 is 1.33 bits per heavy atom. The van der Waals surface area contributed by atoms with Crippen molar-refractivity contribution in [1.82, 2.24) is 0 Å². The van der Waals surface area contributed by atoms with Gasteiger partial charge in [0.1, 0.15) is 23.0 Å². The van der Waals surface area contributed by atoms with E-state index in [9.17, 15) is 19.8 Å². The third-order valence-corrected chi connectivity index (χ3v) is 4.72. The van der Waals surface area contributed by atoms with Crippen molar-refractivity contribution in [2.24, 2.45) is 0 Å². The Hall–Kier alpha value is -3.31. The number of phenols is 2. The van der Waals surface area contributed by atoms with E-state index in [1.807, 2.05) is 19.1 Å². The lowest BCUT2D eigenvalue weighted by atomic mass is 9.83. The van der Waals surface area contributed by atoms with E-state index in [4.69, 9.17) is 16.3 Å². The molecule has 0 saturated heterocycles. The predicted octanol–water partition coefficient (Wildman–Crippen LogP) is 4.63. The molecule has 3 aromatic rings. The van der Waals surface area contributed by atoms with Crippen molar-refractivity contribution >= 4 is 23.2 Å². The Morgan fingerprint density at radius 3 is 1.89 bits per heavy atom. The molecule has 1 aliphatic rings. The molecule has 0 saturated carbocycles. The second-order valence-electron chi connectivity index (χ2n) is 6.26. The molecule has 6 heteroatoms. The predicted molar refractivity (Wildman–Crippen MR) is 99.3 cm³/mol. The Balaban J connectivity index is 1.84. The molecule has 0 aromatic heterocycles. The Bertz CT molecular complexity index is 1120. The van der Waals surface area contributed by atoms with Crippen LogP contribution < -0.4 is 4.74 Å². The number of carbonyl (C=O) groups excluding carboxylic acids is 2. The number of hydrogen-bond donors (Lipinski definition) is 2. The van der Waals surface area contributed by atoms with Gasteiger partial charge < -0.3 is 14.9 Å². The van der Waals surface area contributed by atoms with Crippen molar-refractivity contribution in [2.45, 2.75) is 6.92 Å². The van der Waals surface area contributed by atoms with Crippen LogP contribution in [0.2, 0.25) is 5.02 Å². The average Bonchev–Trinajstić information content (AvgIpc) is 2.64. The maximum absolute atomic E-state index is 12.9. The van der Waals surface area contributed by atoms with Gasteiger partial charge in [-0.15, -0.1) is 0 Å². The third-order valence-electron chi connectivity index (χ3n) is 4.43. The average molecular weight is 381 g/mol. The summed E-state index contributed by atoms with van der Waals surface area (Å²) in [6.45, 7) is 1.94. The summed E-state index contributed by atoms with van der Waals surface area (Å²) in [6.07, 6.45) is 0. The first-order valence-electron chi connectivity index (χ1n) is 8.09. The largest absolute Gasteiger partial charge is 0.507 e. The summed E-state index contributed by atoms with van der Waals surface area (Å²) in [7, 11) is 0. The molecule has 2 N–H and O–H groups in total. The standard InChI is InChI=1S/C21H13ClO5/c1-10-2-4-11(5-3-10)27-17-9-13-12(8-14(17)22)20(25)18-15(23)6-7-16(24)19(18)21(13)26/h2-9,23-24H,1H3. The Kier molecular flexibility index (Phi) is 3.89. The summed E-state index contributed by atoms with van der Waals surface area (Å²) in [4.78, 5) is 25.6. The number of aryl methyl sites for hydroxylation is 1. The van der Waals surface area contributed by atoms with Gasteiger partial charge in [0.05, 0.1) is 16.1 Å². The smallest absolute Gasteiger partial charge is 0.198 e. The molecule has 0 spiro atoms. The zero-order valence-electron chi connectivity index (χ0n) is 14.1. The van der Waals surface area contributed by atoms with E-state index in [0.717, 1.165) is 5.56 Å². The van der Waals surface area contributed by atoms with Crippen LogP contribution in [0.4, 0.5) is 0 Å². The molecule has 0 radical (unpaired) electrons. The first-order valence-corrected chi connectivity index (χ1v) is 8.47. The summed E-state index contributed by atoms with van der Waals surface area (Å²) in [5.74, 6) is -1.18. The van der Waals surface area contributed by atoms with E-state index < -0.39 is 11.6 Å². The van der Waals surface area contributed by atoms with E-state index >= 15 is 0 Å². The number of aromatic hydroxyl groups is 2. The minimum Gasteiger partial charge on any atom is -0.507 e. The Labute approximate surface area is 159 Å². The van der Waals surface area contributed by atoms with Crippen LogP contribution in [0.5, 0.6) is 23.0 Å². The molecular formula is C21H13ClO5. The quantitative estimate of drug-likeness (QED) is 0.495. The fourth-order valence-electron chi connectivity index (χ4n) is 3.05. The minimum absolute atomic E-state index is 0.0506. The number of halogens is 1. The van der Waals surface area contributed by atoms with Crippen molar-refractivity contribution in [1.29, 1.82) is 0 Å². The number of benzene rings is 3. The molecule has 0 bridgehead atoms. The van der Waals surface area contributed by atoms with Crippen LogP contribution in [0, 0.1) is 6.92 Å². The zero-order chi connectivity index (χ0) is 19.3. The highest BCUT2D eigenvalue weighted by Crippen LogP contribution is 2.41. The van der Waals surface area contributed by atoms with E-state index in [1.165, 1.54) is 24.3 Å². The first-order chi connectivity index (χ1) is 12.9. The molecule has 0 amide bonds. The van der Waals surface area contributed by atoms with Crippen LogP contribution in [0.3, 0.4) is 0 Å². The second kappa shape index (κ2) is 6.14. The summed E-state index contributed by atoms with van der Waals surface area (Å²) in [6, 6.07) is 12.3. The lowest BCUT2D eigenvalue weighted by Crippen LogP contribution is -2.21. The number of fused-ring (bicyclic) bond motifs is 2. The summed E-state index contributed by atoms with van der Waals surface area (Å²) in [5.41, 5.74) is 0.716. The van der Waals surface area contributed by atoms with Crippen molar-refractivity contribution in [2.75, 3.05) is 0 Å². The highest BCUT2D eigenvalue weighted by molar-refractivity contribution is 6.35. The maximum Gasteiger partial charge on any atom is 0.198 e. The van der Waals surface area contributed by atoms with Crippen LogP contribution in [0.15, 0.2) is 48.5 Å². The molecule has 1 aliphatic carbocycles. The van der Waals surface area contributed by atoms with Crippen molar-refractivity contribution in [3.63, 3.8) is 0 Å². The SMILES string of the molecule is Cc1ccc(Oc2cc3c(cc2Cl)C(=O)c2c(O)ccc(O)c2C3=O)cc1. The van der Waals surface area contributed by atoms with Gasteiger partial charge in [-0.1, -0.05) is 29.3 Å². The van der Waals surface area contributed by atoms with Gasteiger partial charge in [-0.2, -0.15) is 0 Å². The van der Waals surface area contributed by atoms with Crippen LogP contribution >= 0.6 is 11.6 Å². The number of phenolic OH excluding ortho intramolecular Hbond substituents is 2. The number of ketones is 2. The number of hydrogen-bond acceptors (Lipinski definition) is 5. The molecule has 4 rings (SSSR count). The monoisotopic (exact) mass is 380 g/mol. The van der Waals surface area contributed by atoms with Gasteiger partial charge in [0.2, 0.25) is 0 Å². The van der Waals surface area contributed by atoms with Crippen molar-refractivity contribution in [3.8, 4) is 23.0 Å². The highest BCUT2D eigenvalue weighted by Gasteiger charge is 2.35. The van der Waals surface area contributed by atoms with Crippen LogP contribution in [-0.2, 0) is 0 Å². The van der Waals surface area contributed by atoms with Gasteiger partial charge in [-0.05, 0) is 43.3 Å². The van der Waals surface area contributed by atoms with Crippen molar-refractivity contribution < 1.29 is 24.5 Å². The molecule has 134 valence electrons. The van der Waals surface area contributed by atoms with E-state index in [-0.39, 0.29) is 44.5 Å². The van der Waals surface area contributed by atoms with Crippen molar-refractivity contribution in [3.05, 3.63) is 81.4 Å². The lowest BCUT2D eigenvalue weighted by Gasteiger charge is -2.20. The van der Waals surface area contributed by atoms with Gasteiger partial charge in [0.25, 0.3) is 0 Å². The second-order valence-corrected chi connectivity index (χ2v) is 6.66. The van der Waals surface area contributed by atoms with E-state index in [2.05, 4.69) is 0 Å². The molecule has 0 fully saturated rings. The molecule has 3 aromatic carbocycles. The summed E-state index contributed by atoms with van der Waals surface area (Å²) < 4.78 is 5.75. The van der Waals surface area contributed by atoms with Gasteiger partial charge in [0.15, 0.2) is 11.6 Å². The Morgan fingerprint density at radius 1 is 0.815 bits per heavy atom. The fraction of sp³-hybridized carbons (Fsp3) is 0.0476. The molecular weight excluding hydrogens is 368 g/mol. The molecule has 5 nitrogen and oxygen atoms in total. The molecule has 0 unspecified atom stereocenters. The number of rotatable bonds is 2. The summed E-state index contributed by atoms with van der Waals surface area (Å²) >= 11 is 6.25. The molecule has 27 heavy (non-hydrogen) atoms. The van der Waals surface area contributed by atoms with Crippen LogP contribution in [0.25, 0.3) is 0 Å².